The van der Waals surface area contributed by atoms with Gasteiger partial charge in [-0.05, 0) is 39.1 Å². The van der Waals surface area contributed by atoms with Crippen LogP contribution in [0.3, 0.4) is 0 Å². The highest BCUT2D eigenvalue weighted by atomic mass is 16.6. The number of nitro groups is 1. The van der Waals surface area contributed by atoms with Crippen LogP contribution in [0.25, 0.3) is 10.8 Å². The van der Waals surface area contributed by atoms with Crippen LogP contribution in [0.15, 0.2) is 30.6 Å². The van der Waals surface area contributed by atoms with Gasteiger partial charge in [0.2, 0.25) is 0 Å². The van der Waals surface area contributed by atoms with Gasteiger partial charge in [-0.1, -0.05) is 12.8 Å². The van der Waals surface area contributed by atoms with Crippen LogP contribution in [-0.4, -0.2) is 42.0 Å². The molecule has 1 aliphatic rings. The molecule has 0 unspecified atom stereocenters. The minimum Gasteiger partial charge on any atom is -0.384 e. The molecule has 1 fully saturated rings. The number of rotatable bonds is 6. The van der Waals surface area contributed by atoms with Gasteiger partial charge >= 0.3 is 0 Å². The van der Waals surface area contributed by atoms with Crippen molar-refractivity contribution in [3.05, 3.63) is 40.7 Å². The van der Waals surface area contributed by atoms with Gasteiger partial charge in [0.25, 0.3) is 5.69 Å². The van der Waals surface area contributed by atoms with Gasteiger partial charge in [-0.3, -0.25) is 15.1 Å². The minimum absolute atomic E-state index is 0.104. The molecule has 3 rings (SSSR count). The van der Waals surface area contributed by atoms with Crippen LogP contribution in [0.2, 0.25) is 0 Å². The molecule has 1 heterocycles. The van der Waals surface area contributed by atoms with Gasteiger partial charge in [0.05, 0.1) is 10.3 Å². The SMILES string of the molecule is CN(C)CC1(CNc2ccc([N+](=O)[O-])c3cnccc23)CCCC1. The largest absolute Gasteiger partial charge is 0.384 e. The average molecular weight is 328 g/mol. The lowest BCUT2D eigenvalue weighted by Crippen LogP contribution is -2.37. The van der Waals surface area contributed by atoms with E-state index in [1.807, 2.05) is 12.1 Å². The number of nitro benzene ring substituents is 1. The maximum atomic E-state index is 11.2. The number of nitrogens with zero attached hydrogens (tertiary/aromatic N) is 3. The molecule has 0 aliphatic heterocycles. The fourth-order valence-electron chi connectivity index (χ4n) is 3.96. The van der Waals surface area contributed by atoms with Crippen LogP contribution in [0.5, 0.6) is 0 Å². The minimum atomic E-state index is -0.349. The van der Waals surface area contributed by atoms with Crippen molar-refractivity contribution in [2.45, 2.75) is 25.7 Å². The molecule has 0 amide bonds. The van der Waals surface area contributed by atoms with E-state index < -0.39 is 0 Å². The molecule has 0 saturated heterocycles. The molecule has 6 nitrogen and oxygen atoms in total. The first-order valence-electron chi connectivity index (χ1n) is 8.40. The quantitative estimate of drug-likeness (QED) is 0.647. The third-order valence-electron chi connectivity index (χ3n) is 4.96. The van der Waals surface area contributed by atoms with E-state index in [-0.39, 0.29) is 16.0 Å². The molecule has 1 N–H and O–H groups in total. The molecular formula is C18H24N4O2. The zero-order valence-corrected chi connectivity index (χ0v) is 14.3. The number of benzene rings is 1. The number of non-ortho nitro benzene ring substituents is 1. The summed E-state index contributed by atoms with van der Waals surface area (Å²) in [5.74, 6) is 0. The van der Waals surface area contributed by atoms with Crippen molar-refractivity contribution in [1.29, 1.82) is 0 Å². The topological polar surface area (TPSA) is 71.3 Å². The molecule has 0 spiro atoms. The van der Waals surface area contributed by atoms with E-state index in [9.17, 15) is 10.1 Å². The van der Waals surface area contributed by atoms with Crippen molar-refractivity contribution in [2.24, 2.45) is 5.41 Å². The highest BCUT2D eigenvalue weighted by Gasteiger charge is 2.34. The Kier molecular flexibility index (Phi) is 4.66. The molecule has 0 bridgehead atoms. The molecule has 1 aliphatic carbocycles. The van der Waals surface area contributed by atoms with Gasteiger partial charge in [0.1, 0.15) is 0 Å². The van der Waals surface area contributed by atoms with E-state index in [0.717, 1.165) is 24.2 Å². The third kappa shape index (κ3) is 3.33. The molecule has 1 saturated carbocycles. The Hall–Kier alpha value is -2.21. The Balaban J connectivity index is 1.88. The lowest BCUT2D eigenvalue weighted by molar-refractivity contribution is -0.383. The summed E-state index contributed by atoms with van der Waals surface area (Å²) in [5.41, 5.74) is 1.33. The summed E-state index contributed by atoms with van der Waals surface area (Å²) in [6.07, 6.45) is 8.27. The number of aromatic nitrogens is 1. The number of fused-ring (bicyclic) bond motifs is 1. The highest BCUT2D eigenvalue weighted by molar-refractivity contribution is 5.99. The molecule has 1 aromatic carbocycles. The Bertz CT molecular complexity index is 739. The Morgan fingerprint density at radius 1 is 1.25 bits per heavy atom. The normalized spacial score (nSPS) is 16.6. The van der Waals surface area contributed by atoms with E-state index in [1.165, 1.54) is 25.7 Å². The van der Waals surface area contributed by atoms with Crippen molar-refractivity contribution in [3.63, 3.8) is 0 Å². The van der Waals surface area contributed by atoms with E-state index in [0.29, 0.717) is 5.39 Å². The molecule has 2 aromatic rings. The Morgan fingerprint density at radius 2 is 2.00 bits per heavy atom. The number of nitrogens with one attached hydrogen (secondary N) is 1. The number of hydrogen-bond acceptors (Lipinski definition) is 5. The van der Waals surface area contributed by atoms with E-state index in [4.69, 9.17) is 0 Å². The highest BCUT2D eigenvalue weighted by Crippen LogP contribution is 2.39. The summed E-state index contributed by atoms with van der Waals surface area (Å²) in [4.78, 5) is 17.2. The van der Waals surface area contributed by atoms with Gasteiger partial charge in [0, 0.05) is 48.0 Å². The smallest absolute Gasteiger partial charge is 0.278 e. The molecule has 128 valence electrons. The summed E-state index contributed by atoms with van der Waals surface area (Å²) in [7, 11) is 4.24. The van der Waals surface area contributed by atoms with Gasteiger partial charge in [-0.2, -0.15) is 0 Å². The maximum absolute atomic E-state index is 11.2. The second kappa shape index (κ2) is 6.73. The van der Waals surface area contributed by atoms with Gasteiger partial charge in [-0.15, -0.1) is 0 Å². The zero-order valence-electron chi connectivity index (χ0n) is 14.3. The summed E-state index contributed by atoms with van der Waals surface area (Å²) in [5, 5.41) is 16.2. The standard InChI is InChI=1S/C18H24N4O2/c1-21(2)13-18(8-3-4-9-18)12-20-16-5-6-17(22(23)24)15-11-19-10-7-14(15)16/h5-7,10-11,20H,3-4,8-9,12-13H2,1-2H3. The fraction of sp³-hybridized carbons (Fsp3) is 0.500. The van der Waals surface area contributed by atoms with Crippen LogP contribution in [0, 0.1) is 15.5 Å². The van der Waals surface area contributed by atoms with Crippen molar-refractivity contribution in [2.75, 3.05) is 32.5 Å². The summed E-state index contributed by atoms with van der Waals surface area (Å²) < 4.78 is 0. The van der Waals surface area contributed by atoms with Crippen LogP contribution < -0.4 is 5.32 Å². The third-order valence-corrected chi connectivity index (χ3v) is 4.96. The monoisotopic (exact) mass is 328 g/mol. The van der Waals surface area contributed by atoms with Crippen LogP contribution in [-0.2, 0) is 0 Å². The number of anilines is 1. The molecular weight excluding hydrogens is 304 g/mol. The first kappa shape index (κ1) is 16.6. The molecule has 6 heteroatoms. The summed E-state index contributed by atoms with van der Waals surface area (Å²) in [6, 6.07) is 5.23. The molecule has 1 aromatic heterocycles. The lowest BCUT2D eigenvalue weighted by atomic mass is 9.85. The summed E-state index contributed by atoms with van der Waals surface area (Å²) in [6.45, 7) is 1.95. The van der Waals surface area contributed by atoms with Crippen molar-refractivity contribution in [3.8, 4) is 0 Å². The van der Waals surface area contributed by atoms with Gasteiger partial charge in [-0.25, -0.2) is 0 Å². The predicted molar refractivity (Wildman–Crippen MR) is 96.3 cm³/mol. The first-order valence-corrected chi connectivity index (χ1v) is 8.40. The predicted octanol–water partition coefficient (Wildman–Crippen LogP) is 3.68. The number of pyridine rings is 1. The van der Waals surface area contributed by atoms with Crippen LogP contribution >= 0.6 is 0 Å². The van der Waals surface area contributed by atoms with E-state index >= 15 is 0 Å². The molecule has 24 heavy (non-hydrogen) atoms. The van der Waals surface area contributed by atoms with Gasteiger partial charge in [0.15, 0.2) is 0 Å². The van der Waals surface area contributed by atoms with Crippen LogP contribution in [0.1, 0.15) is 25.7 Å². The Labute approximate surface area is 142 Å². The maximum Gasteiger partial charge on any atom is 0.278 e. The van der Waals surface area contributed by atoms with Crippen molar-refractivity contribution in [1.82, 2.24) is 9.88 Å². The molecule has 0 radical (unpaired) electrons. The lowest BCUT2D eigenvalue weighted by Gasteiger charge is -2.33. The second-order valence-corrected chi connectivity index (χ2v) is 7.11. The number of hydrogen-bond donors (Lipinski definition) is 1. The average Bonchev–Trinajstić information content (AvgIpc) is 3.00. The van der Waals surface area contributed by atoms with E-state index in [2.05, 4.69) is 29.3 Å². The van der Waals surface area contributed by atoms with Crippen molar-refractivity contribution < 1.29 is 4.92 Å². The Morgan fingerprint density at radius 3 is 2.67 bits per heavy atom. The fourth-order valence-corrected chi connectivity index (χ4v) is 3.96. The zero-order chi connectivity index (χ0) is 17.2. The van der Waals surface area contributed by atoms with Gasteiger partial charge < -0.3 is 10.2 Å². The molecule has 0 atom stereocenters. The van der Waals surface area contributed by atoms with Crippen LogP contribution in [0.4, 0.5) is 11.4 Å². The van der Waals surface area contributed by atoms with Crippen molar-refractivity contribution >= 4 is 22.1 Å². The first-order chi connectivity index (χ1) is 11.5. The summed E-state index contributed by atoms with van der Waals surface area (Å²) >= 11 is 0. The van der Waals surface area contributed by atoms with E-state index in [1.54, 1.807) is 18.5 Å². The second-order valence-electron chi connectivity index (χ2n) is 7.11.